The maximum absolute atomic E-state index is 13.6. The Labute approximate surface area is 158 Å². The second-order valence-corrected chi connectivity index (χ2v) is 6.38. The van der Waals surface area contributed by atoms with Gasteiger partial charge in [0.15, 0.2) is 23.3 Å². The fourth-order valence-corrected chi connectivity index (χ4v) is 2.98. The first-order chi connectivity index (χ1) is 13.3. The average molecular weight is 417 g/mol. The molecule has 0 fully saturated rings. The molecule has 0 radical (unpaired) electrons. The minimum atomic E-state index is -2.32. The van der Waals surface area contributed by atoms with Crippen molar-refractivity contribution in [1.29, 1.82) is 0 Å². The van der Waals surface area contributed by atoms with Gasteiger partial charge in [-0.1, -0.05) is 6.07 Å². The summed E-state index contributed by atoms with van der Waals surface area (Å²) in [6, 6.07) is 6.67. The van der Waals surface area contributed by atoms with Crippen LogP contribution in [0.5, 0.6) is 5.75 Å². The van der Waals surface area contributed by atoms with Crippen molar-refractivity contribution in [3.05, 3.63) is 81.1 Å². The lowest BCUT2D eigenvalue weighted by atomic mass is 10.2. The fourth-order valence-electron chi connectivity index (χ4n) is 2.18. The molecule has 10 heteroatoms. The van der Waals surface area contributed by atoms with Crippen LogP contribution in [-0.4, -0.2) is 5.91 Å². The van der Waals surface area contributed by atoms with Crippen LogP contribution in [0.4, 0.5) is 32.0 Å². The minimum absolute atomic E-state index is 0.0320. The van der Waals surface area contributed by atoms with Crippen molar-refractivity contribution >= 4 is 22.9 Å². The summed E-state index contributed by atoms with van der Waals surface area (Å²) < 4.78 is 85.1. The topological polar surface area (TPSA) is 38.3 Å². The van der Waals surface area contributed by atoms with Crippen LogP contribution in [0.15, 0.2) is 35.7 Å². The Hall–Kier alpha value is -3.01. The quantitative estimate of drug-likeness (QED) is 0.342. The molecule has 0 saturated carbocycles. The molecule has 146 valence electrons. The molecule has 3 nitrogen and oxygen atoms in total. The van der Waals surface area contributed by atoms with E-state index in [9.17, 15) is 31.1 Å². The van der Waals surface area contributed by atoms with E-state index >= 15 is 0 Å². The molecule has 0 bridgehead atoms. The maximum atomic E-state index is 13.6. The number of rotatable bonds is 5. The van der Waals surface area contributed by atoms with Gasteiger partial charge in [-0.15, -0.1) is 11.3 Å². The van der Waals surface area contributed by atoms with Crippen molar-refractivity contribution in [2.24, 2.45) is 0 Å². The molecule has 2 aromatic carbocycles. The van der Waals surface area contributed by atoms with Gasteiger partial charge in [0.25, 0.3) is 5.91 Å². The number of thiophene rings is 1. The van der Waals surface area contributed by atoms with Gasteiger partial charge in [0, 0.05) is 11.6 Å². The molecule has 0 aliphatic carbocycles. The first kappa shape index (κ1) is 19.7. The van der Waals surface area contributed by atoms with E-state index in [-0.39, 0.29) is 17.2 Å². The van der Waals surface area contributed by atoms with Gasteiger partial charge in [0.2, 0.25) is 5.82 Å². The van der Waals surface area contributed by atoms with Crippen LogP contribution in [0.2, 0.25) is 0 Å². The molecule has 0 aliphatic heterocycles. The van der Waals surface area contributed by atoms with E-state index in [0.717, 1.165) is 17.4 Å². The summed E-state index contributed by atoms with van der Waals surface area (Å²) in [6.07, 6.45) is 0. The third-order valence-electron chi connectivity index (χ3n) is 3.53. The predicted molar refractivity (Wildman–Crippen MR) is 89.2 cm³/mol. The summed E-state index contributed by atoms with van der Waals surface area (Å²) in [5, 5.41) is 3.18. The maximum Gasteiger partial charge on any atom is 0.265 e. The monoisotopic (exact) mass is 417 g/mol. The van der Waals surface area contributed by atoms with Gasteiger partial charge in [0.05, 0.1) is 4.88 Å². The van der Waals surface area contributed by atoms with Crippen molar-refractivity contribution in [1.82, 2.24) is 0 Å². The minimum Gasteiger partial charge on any atom is -0.489 e. The molecule has 0 aliphatic rings. The Bertz CT molecular complexity index is 1020. The van der Waals surface area contributed by atoms with Crippen LogP contribution in [0.25, 0.3) is 0 Å². The smallest absolute Gasteiger partial charge is 0.265 e. The molecule has 1 amide bonds. The Kier molecular flexibility index (Phi) is 5.59. The molecule has 1 aromatic heterocycles. The number of halogens is 6. The molecular formula is C18H9F6NO2S. The third-order valence-corrected chi connectivity index (χ3v) is 4.51. The van der Waals surface area contributed by atoms with Gasteiger partial charge >= 0.3 is 0 Å². The SMILES string of the molecule is O=C(Nc1c(F)c(F)c(F)c(F)c1F)c1cc(COc2cccc(F)c2)cs1. The Morgan fingerprint density at radius 2 is 1.57 bits per heavy atom. The van der Waals surface area contributed by atoms with E-state index in [0.29, 0.717) is 5.56 Å². The van der Waals surface area contributed by atoms with E-state index in [1.165, 1.54) is 29.6 Å². The number of ether oxygens (including phenoxy) is 1. The van der Waals surface area contributed by atoms with Crippen LogP contribution in [0.1, 0.15) is 15.2 Å². The van der Waals surface area contributed by atoms with E-state index in [2.05, 4.69) is 0 Å². The molecule has 0 atom stereocenters. The van der Waals surface area contributed by atoms with E-state index in [1.807, 2.05) is 0 Å². The van der Waals surface area contributed by atoms with Gasteiger partial charge in [-0.25, -0.2) is 26.3 Å². The number of hydrogen-bond acceptors (Lipinski definition) is 3. The van der Waals surface area contributed by atoms with Crippen LogP contribution >= 0.6 is 11.3 Å². The lowest BCUT2D eigenvalue weighted by Crippen LogP contribution is -2.16. The highest BCUT2D eigenvalue weighted by Crippen LogP contribution is 2.28. The zero-order valence-electron chi connectivity index (χ0n) is 13.7. The van der Waals surface area contributed by atoms with Gasteiger partial charge in [-0.2, -0.15) is 0 Å². The van der Waals surface area contributed by atoms with Crippen LogP contribution in [0.3, 0.4) is 0 Å². The fraction of sp³-hybridized carbons (Fsp3) is 0.0556. The highest BCUT2D eigenvalue weighted by Gasteiger charge is 2.27. The van der Waals surface area contributed by atoms with Crippen LogP contribution in [0, 0.1) is 34.9 Å². The molecular weight excluding hydrogens is 408 g/mol. The van der Waals surface area contributed by atoms with Gasteiger partial charge < -0.3 is 10.1 Å². The molecule has 28 heavy (non-hydrogen) atoms. The molecule has 0 spiro atoms. The number of carbonyl (C=O) groups excluding carboxylic acids is 1. The first-order valence-corrected chi connectivity index (χ1v) is 8.44. The summed E-state index contributed by atoms with van der Waals surface area (Å²) in [4.78, 5) is 12.0. The van der Waals surface area contributed by atoms with Crippen molar-refractivity contribution in [3.8, 4) is 5.75 Å². The largest absolute Gasteiger partial charge is 0.489 e. The molecule has 1 heterocycles. The summed E-state index contributed by atoms with van der Waals surface area (Å²) in [5.74, 6) is -12.2. The highest BCUT2D eigenvalue weighted by atomic mass is 32.1. The second kappa shape index (κ2) is 7.93. The Morgan fingerprint density at radius 1 is 0.929 bits per heavy atom. The number of benzene rings is 2. The molecule has 3 aromatic rings. The predicted octanol–water partition coefficient (Wildman–Crippen LogP) is 5.41. The average Bonchev–Trinajstić information content (AvgIpc) is 3.16. The number of amides is 1. The third kappa shape index (κ3) is 3.96. The Balaban J connectivity index is 1.73. The summed E-state index contributed by atoms with van der Waals surface area (Å²) in [6.45, 7) is -0.0320. The van der Waals surface area contributed by atoms with E-state index in [1.54, 1.807) is 5.32 Å². The van der Waals surface area contributed by atoms with Crippen LogP contribution < -0.4 is 10.1 Å². The number of nitrogens with one attached hydrogen (secondary N) is 1. The normalized spacial score (nSPS) is 10.8. The van der Waals surface area contributed by atoms with E-state index < -0.39 is 46.5 Å². The van der Waals surface area contributed by atoms with Crippen LogP contribution in [-0.2, 0) is 6.61 Å². The molecule has 3 rings (SSSR count). The second-order valence-electron chi connectivity index (χ2n) is 5.46. The van der Waals surface area contributed by atoms with Gasteiger partial charge in [-0.3, -0.25) is 4.79 Å². The molecule has 0 saturated heterocycles. The number of hydrogen-bond donors (Lipinski definition) is 1. The summed E-state index contributed by atoms with van der Waals surface area (Å²) in [5.41, 5.74) is -0.954. The molecule has 1 N–H and O–H groups in total. The first-order valence-electron chi connectivity index (χ1n) is 7.56. The Morgan fingerprint density at radius 3 is 2.21 bits per heavy atom. The number of carbonyl (C=O) groups is 1. The highest BCUT2D eigenvalue weighted by molar-refractivity contribution is 7.12. The lowest BCUT2D eigenvalue weighted by molar-refractivity contribution is 0.102. The van der Waals surface area contributed by atoms with E-state index in [4.69, 9.17) is 4.74 Å². The standard InChI is InChI=1S/C18H9F6NO2S/c19-9-2-1-3-10(5-9)27-6-8-4-11(28-7-8)18(26)25-17-15(23)13(21)12(20)14(22)16(17)24/h1-5,7H,6H2,(H,25,26). The zero-order valence-corrected chi connectivity index (χ0v) is 14.5. The summed E-state index contributed by atoms with van der Waals surface area (Å²) >= 11 is 0.866. The van der Waals surface area contributed by atoms with Gasteiger partial charge in [-0.05, 0) is 23.6 Å². The van der Waals surface area contributed by atoms with Gasteiger partial charge in [0.1, 0.15) is 23.9 Å². The van der Waals surface area contributed by atoms with Crippen molar-refractivity contribution in [2.45, 2.75) is 6.61 Å². The molecule has 0 unspecified atom stereocenters. The summed E-state index contributed by atoms with van der Waals surface area (Å²) in [7, 11) is 0. The number of anilines is 1. The van der Waals surface area contributed by atoms with Crippen molar-refractivity contribution in [2.75, 3.05) is 5.32 Å². The van der Waals surface area contributed by atoms with Crippen molar-refractivity contribution < 1.29 is 35.9 Å². The van der Waals surface area contributed by atoms with Crippen molar-refractivity contribution in [3.63, 3.8) is 0 Å². The zero-order chi connectivity index (χ0) is 20.4. The lowest BCUT2D eigenvalue weighted by Gasteiger charge is -2.09.